The Morgan fingerprint density at radius 3 is 3.00 bits per heavy atom. The summed E-state index contributed by atoms with van der Waals surface area (Å²) < 4.78 is 22.5. The van der Waals surface area contributed by atoms with Crippen LogP contribution in [-0.4, -0.2) is 31.5 Å². The van der Waals surface area contributed by atoms with Gasteiger partial charge in [-0.2, -0.15) is 0 Å². The van der Waals surface area contributed by atoms with E-state index >= 15 is 0 Å². The Hall–Kier alpha value is -1.30. The largest absolute Gasteiger partial charge is 0.385 e. The van der Waals surface area contributed by atoms with Gasteiger partial charge in [0.25, 0.3) is 0 Å². The van der Waals surface area contributed by atoms with Gasteiger partial charge in [-0.05, 0) is 18.4 Å². The van der Waals surface area contributed by atoms with E-state index < -0.39 is 9.84 Å². The monoisotopic (exact) mass is 241 g/mol. The topological polar surface area (TPSA) is 85.1 Å². The smallest absolute Gasteiger partial charge is 0.150 e. The van der Waals surface area contributed by atoms with Crippen molar-refractivity contribution in [2.75, 3.05) is 29.1 Å². The van der Waals surface area contributed by atoms with Crippen LogP contribution in [0.3, 0.4) is 0 Å². The SMILES string of the molecule is Nc1cc(NCC2CCS(=O)(=O)C2)ccn1. The normalized spacial score (nSPS) is 23.1. The number of nitrogen functional groups attached to an aromatic ring is 1. The van der Waals surface area contributed by atoms with Crippen LogP contribution in [-0.2, 0) is 9.84 Å². The molecule has 0 spiro atoms. The van der Waals surface area contributed by atoms with Gasteiger partial charge in [0.05, 0.1) is 11.5 Å². The quantitative estimate of drug-likeness (QED) is 0.805. The number of nitrogens with two attached hydrogens (primary N) is 1. The molecular formula is C10H15N3O2S. The number of hydrogen-bond acceptors (Lipinski definition) is 5. The fraction of sp³-hybridized carbons (Fsp3) is 0.500. The van der Waals surface area contributed by atoms with Crippen LogP contribution in [0.5, 0.6) is 0 Å². The van der Waals surface area contributed by atoms with Crippen molar-refractivity contribution in [3.05, 3.63) is 18.3 Å². The lowest BCUT2D eigenvalue weighted by Gasteiger charge is -2.10. The average molecular weight is 241 g/mol. The molecule has 1 unspecified atom stereocenters. The van der Waals surface area contributed by atoms with Crippen molar-refractivity contribution in [3.63, 3.8) is 0 Å². The van der Waals surface area contributed by atoms with Gasteiger partial charge >= 0.3 is 0 Å². The van der Waals surface area contributed by atoms with Gasteiger partial charge in [0, 0.05) is 24.5 Å². The van der Waals surface area contributed by atoms with Gasteiger partial charge in [0.1, 0.15) is 5.82 Å². The Labute approximate surface area is 95.0 Å². The molecule has 16 heavy (non-hydrogen) atoms. The molecule has 3 N–H and O–H groups in total. The highest BCUT2D eigenvalue weighted by molar-refractivity contribution is 7.91. The van der Waals surface area contributed by atoms with E-state index in [-0.39, 0.29) is 5.92 Å². The molecule has 1 fully saturated rings. The summed E-state index contributed by atoms with van der Waals surface area (Å²) in [6.07, 6.45) is 2.37. The third kappa shape index (κ3) is 2.85. The van der Waals surface area contributed by atoms with Crippen molar-refractivity contribution in [3.8, 4) is 0 Å². The second kappa shape index (κ2) is 4.29. The first-order chi connectivity index (χ1) is 7.55. The zero-order chi connectivity index (χ0) is 11.6. The highest BCUT2D eigenvalue weighted by Crippen LogP contribution is 2.19. The van der Waals surface area contributed by atoms with Crippen LogP contribution < -0.4 is 11.1 Å². The molecule has 2 rings (SSSR count). The molecule has 0 saturated carbocycles. The van der Waals surface area contributed by atoms with E-state index in [1.807, 2.05) is 6.07 Å². The molecule has 88 valence electrons. The van der Waals surface area contributed by atoms with E-state index in [9.17, 15) is 8.42 Å². The summed E-state index contributed by atoms with van der Waals surface area (Å²) in [6.45, 7) is 0.669. The number of anilines is 2. The summed E-state index contributed by atoms with van der Waals surface area (Å²) in [5.41, 5.74) is 6.42. The molecule has 1 atom stereocenters. The molecular weight excluding hydrogens is 226 g/mol. The van der Waals surface area contributed by atoms with E-state index in [4.69, 9.17) is 5.73 Å². The summed E-state index contributed by atoms with van der Waals surface area (Å²) in [4.78, 5) is 3.88. The molecule has 0 aliphatic carbocycles. The molecule has 2 heterocycles. The Bertz CT molecular complexity index is 473. The molecule has 6 heteroatoms. The molecule has 1 aliphatic rings. The summed E-state index contributed by atoms with van der Waals surface area (Å²) in [7, 11) is -2.79. The van der Waals surface area contributed by atoms with Gasteiger partial charge < -0.3 is 11.1 Å². The minimum absolute atomic E-state index is 0.208. The van der Waals surface area contributed by atoms with Crippen LogP contribution in [0, 0.1) is 5.92 Å². The van der Waals surface area contributed by atoms with Crippen molar-refractivity contribution in [1.82, 2.24) is 4.98 Å². The molecule has 1 aliphatic heterocycles. The number of pyridine rings is 1. The maximum Gasteiger partial charge on any atom is 0.150 e. The maximum absolute atomic E-state index is 11.2. The van der Waals surface area contributed by atoms with E-state index in [0.29, 0.717) is 23.9 Å². The first-order valence-corrected chi connectivity index (χ1v) is 7.03. The Morgan fingerprint density at radius 2 is 2.38 bits per heavy atom. The molecule has 1 aromatic rings. The number of nitrogens with zero attached hydrogens (tertiary/aromatic N) is 1. The fourth-order valence-corrected chi connectivity index (χ4v) is 3.72. The molecule has 1 saturated heterocycles. The van der Waals surface area contributed by atoms with Crippen molar-refractivity contribution < 1.29 is 8.42 Å². The van der Waals surface area contributed by atoms with Gasteiger partial charge in [-0.25, -0.2) is 13.4 Å². The third-order valence-electron chi connectivity index (χ3n) is 2.70. The summed E-state index contributed by atoms with van der Waals surface area (Å²) >= 11 is 0. The molecule has 0 aromatic carbocycles. The molecule has 5 nitrogen and oxygen atoms in total. The molecule has 0 amide bonds. The van der Waals surface area contributed by atoms with Crippen LogP contribution in [0.15, 0.2) is 18.3 Å². The minimum atomic E-state index is -2.79. The summed E-state index contributed by atoms with van der Waals surface area (Å²) in [5, 5.41) is 3.18. The maximum atomic E-state index is 11.2. The number of sulfone groups is 1. The first kappa shape index (κ1) is 11.2. The van der Waals surface area contributed by atoms with E-state index in [1.165, 1.54) is 0 Å². The van der Waals surface area contributed by atoms with E-state index in [2.05, 4.69) is 10.3 Å². The van der Waals surface area contributed by atoms with Crippen LogP contribution in [0.2, 0.25) is 0 Å². The third-order valence-corrected chi connectivity index (χ3v) is 4.54. The van der Waals surface area contributed by atoms with Gasteiger partial charge in [0.15, 0.2) is 9.84 Å². The van der Waals surface area contributed by atoms with Gasteiger partial charge in [-0.15, -0.1) is 0 Å². The Kier molecular flexibility index (Phi) is 3.00. The lowest BCUT2D eigenvalue weighted by molar-refractivity contribution is 0.596. The number of aromatic nitrogens is 1. The summed E-state index contributed by atoms with van der Waals surface area (Å²) in [6, 6.07) is 3.56. The zero-order valence-electron chi connectivity index (χ0n) is 8.89. The first-order valence-electron chi connectivity index (χ1n) is 5.21. The second-order valence-electron chi connectivity index (χ2n) is 4.12. The fourth-order valence-electron chi connectivity index (χ4n) is 1.85. The van der Waals surface area contributed by atoms with Crippen LogP contribution in [0.4, 0.5) is 11.5 Å². The van der Waals surface area contributed by atoms with Crippen LogP contribution in [0.1, 0.15) is 6.42 Å². The molecule has 1 aromatic heterocycles. The lowest BCUT2D eigenvalue weighted by Crippen LogP contribution is -2.15. The van der Waals surface area contributed by atoms with Gasteiger partial charge in [-0.3, -0.25) is 0 Å². The van der Waals surface area contributed by atoms with Crippen molar-refractivity contribution >= 4 is 21.3 Å². The number of hydrogen-bond donors (Lipinski definition) is 2. The minimum Gasteiger partial charge on any atom is -0.385 e. The van der Waals surface area contributed by atoms with Gasteiger partial charge in [-0.1, -0.05) is 0 Å². The number of nitrogens with one attached hydrogen (secondary N) is 1. The molecule has 0 bridgehead atoms. The second-order valence-corrected chi connectivity index (χ2v) is 6.35. The van der Waals surface area contributed by atoms with Crippen molar-refractivity contribution in [2.45, 2.75) is 6.42 Å². The highest BCUT2D eigenvalue weighted by atomic mass is 32.2. The highest BCUT2D eigenvalue weighted by Gasteiger charge is 2.27. The predicted octanol–water partition coefficient (Wildman–Crippen LogP) is 0.510. The van der Waals surface area contributed by atoms with Crippen LogP contribution in [0.25, 0.3) is 0 Å². The van der Waals surface area contributed by atoms with Crippen molar-refractivity contribution in [1.29, 1.82) is 0 Å². The lowest BCUT2D eigenvalue weighted by atomic mass is 10.1. The van der Waals surface area contributed by atoms with Gasteiger partial charge in [0.2, 0.25) is 0 Å². The Morgan fingerprint density at radius 1 is 1.56 bits per heavy atom. The van der Waals surface area contributed by atoms with E-state index in [1.54, 1.807) is 12.3 Å². The Balaban J connectivity index is 1.89. The average Bonchev–Trinajstić information content (AvgIpc) is 2.56. The van der Waals surface area contributed by atoms with Crippen LogP contribution >= 0.6 is 0 Å². The standard InChI is InChI=1S/C10H15N3O2S/c11-10-5-9(1-3-12-10)13-6-8-2-4-16(14,15)7-8/h1,3,5,8H,2,4,6-7H2,(H3,11,12,13). The zero-order valence-corrected chi connectivity index (χ0v) is 9.70. The number of rotatable bonds is 3. The predicted molar refractivity (Wildman–Crippen MR) is 63.9 cm³/mol. The van der Waals surface area contributed by atoms with E-state index in [0.717, 1.165) is 12.1 Å². The molecule has 0 radical (unpaired) electrons. The van der Waals surface area contributed by atoms with Crippen molar-refractivity contribution in [2.24, 2.45) is 5.92 Å². The summed E-state index contributed by atoms with van der Waals surface area (Å²) in [5.74, 6) is 1.28.